The summed E-state index contributed by atoms with van der Waals surface area (Å²) in [6.07, 6.45) is 0.997. The number of carbonyl (C=O) groups excluding carboxylic acids is 1. The summed E-state index contributed by atoms with van der Waals surface area (Å²) in [5, 5.41) is 3.25. The molecule has 1 spiro atoms. The Morgan fingerprint density at radius 3 is 2.83 bits per heavy atom. The van der Waals surface area contributed by atoms with Crippen molar-refractivity contribution in [1.29, 1.82) is 0 Å². The number of ether oxygens (including phenoxy) is 1. The zero-order valence-electron chi connectivity index (χ0n) is 7.13. The van der Waals surface area contributed by atoms with Crippen LogP contribution < -0.4 is 5.32 Å². The van der Waals surface area contributed by atoms with Crippen LogP contribution in [0.4, 0.5) is 0 Å². The molecule has 2 saturated heterocycles. The van der Waals surface area contributed by atoms with Gasteiger partial charge in [0, 0.05) is 23.6 Å². The van der Waals surface area contributed by atoms with E-state index >= 15 is 0 Å². The Morgan fingerprint density at radius 1 is 1.67 bits per heavy atom. The molecule has 0 aromatic rings. The normalized spacial score (nSPS) is 31.6. The lowest BCUT2D eigenvalue weighted by molar-refractivity contribution is -0.144. The minimum atomic E-state index is -0.0359. The molecule has 4 heteroatoms. The number of carbonyl (C=O) groups is 1. The van der Waals surface area contributed by atoms with Crippen LogP contribution in [0.1, 0.15) is 6.42 Å². The molecule has 3 nitrogen and oxygen atoms in total. The molecule has 2 aliphatic rings. The van der Waals surface area contributed by atoms with E-state index in [2.05, 4.69) is 5.32 Å². The Hall–Kier alpha value is -0.220. The molecule has 2 fully saturated rings. The Balaban J connectivity index is 1.93. The Morgan fingerprint density at radius 2 is 2.42 bits per heavy atom. The Labute approximate surface area is 76.2 Å². The summed E-state index contributed by atoms with van der Waals surface area (Å²) >= 11 is 1.92. The number of hydrogen-bond donors (Lipinski definition) is 1. The SMILES string of the molecule is COC(=O)C1CSC2(CNC2)C1. The van der Waals surface area contributed by atoms with Gasteiger partial charge in [-0.25, -0.2) is 0 Å². The Bertz CT molecular complexity index is 203. The van der Waals surface area contributed by atoms with Gasteiger partial charge in [-0.2, -0.15) is 11.8 Å². The average Bonchev–Trinajstić information content (AvgIpc) is 2.46. The molecular weight excluding hydrogens is 174 g/mol. The van der Waals surface area contributed by atoms with E-state index < -0.39 is 0 Å². The van der Waals surface area contributed by atoms with Crippen LogP contribution in [0, 0.1) is 5.92 Å². The minimum absolute atomic E-state index is 0.0359. The van der Waals surface area contributed by atoms with E-state index in [-0.39, 0.29) is 11.9 Å². The quantitative estimate of drug-likeness (QED) is 0.597. The molecule has 68 valence electrons. The van der Waals surface area contributed by atoms with Crippen LogP contribution in [0.25, 0.3) is 0 Å². The molecule has 0 amide bonds. The van der Waals surface area contributed by atoms with E-state index in [1.165, 1.54) is 7.11 Å². The van der Waals surface area contributed by atoms with Crippen molar-refractivity contribution < 1.29 is 9.53 Å². The molecule has 0 aromatic carbocycles. The zero-order valence-corrected chi connectivity index (χ0v) is 7.95. The number of hydrogen-bond acceptors (Lipinski definition) is 4. The van der Waals surface area contributed by atoms with E-state index in [4.69, 9.17) is 4.74 Å². The summed E-state index contributed by atoms with van der Waals surface area (Å²) in [7, 11) is 1.47. The number of thioether (sulfide) groups is 1. The van der Waals surface area contributed by atoms with Gasteiger partial charge in [0.25, 0.3) is 0 Å². The lowest BCUT2D eigenvalue weighted by atomic mass is 9.91. The standard InChI is InChI=1S/C8H13NO2S/c1-11-7(10)6-2-8(12-3-6)4-9-5-8/h6,9H,2-5H2,1H3. The van der Waals surface area contributed by atoms with Crippen LogP contribution in [-0.4, -0.2) is 36.7 Å². The topological polar surface area (TPSA) is 38.3 Å². The van der Waals surface area contributed by atoms with Gasteiger partial charge in [0.05, 0.1) is 13.0 Å². The van der Waals surface area contributed by atoms with Crippen molar-refractivity contribution >= 4 is 17.7 Å². The summed E-state index contributed by atoms with van der Waals surface area (Å²) in [5.41, 5.74) is 0. The van der Waals surface area contributed by atoms with Gasteiger partial charge in [-0.1, -0.05) is 0 Å². The van der Waals surface area contributed by atoms with Crippen LogP contribution >= 0.6 is 11.8 Å². The molecule has 1 N–H and O–H groups in total. The van der Waals surface area contributed by atoms with Crippen LogP contribution in [0.5, 0.6) is 0 Å². The van der Waals surface area contributed by atoms with Crippen molar-refractivity contribution in [2.75, 3.05) is 26.0 Å². The van der Waals surface area contributed by atoms with Crippen molar-refractivity contribution in [3.8, 4) is 0 Å². The highest BCUT2D eigenvalue weighted by atomic mass is 32.2. The van der Waals surface area contributed by atoms with Gasteiger partial charge in [0.15, 0.2) is 0 Å². The number of nitrogens with one attached hydrogen (secondary N) is 1. The minimum Gasteiger partial charge on any atom is -0.469 e. The predicted molar refractivity (Wildman–Crippen MR) is 48.2 cm³/mol. The molecule has 2 heterocycles. The molecule has 0 bridgehead atoms. The summed E-state index contributed by atoms with van der Waals surface area (Å²) in [4.78, 5) is 11.2. The second-order valence-corrected chi connectivity index (χ2v) is 5.01. The molecule has 1 atom stereocenters. The monoisotopic (exact) mass is 187 g/mol. The summed E-state index contributed by atoms with van der Waals surface area (Å²) in [5.74, 6) is 1.04. The van der Waals surface area contributed by atoms with Gasteiger partial charge in [-0.15, -0.1) is 0 Å². The van der Waals surface area contributed by atoms with Crippen molar-refractivity contribution in [3.05, 3.63) is 0 Å². The maximum atomic E-state index is 11.2. The molecular formula is C8H13NO2S. The molecule has 0 radical (unpaired) electrons. The van der Waals surface area contributed by atoms with Crippen LogP contribution in [0.2, 0.25) is 0 Å². The first-order chi connectivity index (χ1) is 5.76. The highest BCUT2D eigenvalue weighted by molar-refractivity contribution is 8.01. The van der Waals surface area contributed by atoms with Gasteiger partial charge < -0.3 is 10.1 Å². The van der Waals surface area contributed by atoms with Crippen molar-refractivity contribution in [2.45, 2.75) is 11.2 Å². The molecule has 0 aliphatic carbocycles. The largest absolute Gasteiger partial charge is 0.469 e. The van der Waals surface area contributed by atoms with Crippen LogP contribution in [-0.2, 0) is 9.53 Å². The van der Waals surface area contributed by atoms with E-state index in [1.807, 2.05) is 11.8 Å². The maximum Gasteiger partial charge on any atom is 0.309 e. The fraction of sp³-hybridized carbons (Fsp3) is 0.875. The fourth-order valence-corrected chi connectivity index (χ4v) is 3.35. The van der Waals surface area contributed by atoms with E-state index in [9.17, 15) is 4.79 Å². The predicted octanol–water partition coefficient (Wildman–Crippen LogP) is 0.254. The molecule has 2 rings (SSSR count). The summed E-state index contributed by atoms with van der Waals surface area (Å²) in [6.45, 7) is 2.12. The van der Waals surface area contributed by atoms with Gasteiger partial charge in [-0.05, 0) is 6.42 Å². The molecule has 1 unspecified atom stereocenters. The highest BCUT2D eigenvalue weighted by Gasteiger charge is 2.46. The van der Waals surface area contributed by atoms with Crippen LogP contribution in [0.15, 0.2) is 0 Å². The van der Waals surface area contributed by atoms with Crippen molar-refractivity contribution in [1.82, 2.24) is 5.32 Å². The molecule has 0 saturated carbocycles. The van der Waals surface area contributed by atoms with Gasteiger partial charge >= 0.3 is 5.97 Å². The first-order valence-electron chi connectivity index (χ1n) is 4.18. The number of methoxy groups -OCH3 is 1. The van der Waals surface area contributed by atoms with E-state index in [0.29, 0.717) is 4.75 Å². The summed E-state index contributed by atoms with van der Waals surface area (Å²) in [6, 6.07) is 0. The molecule has 0 aromatic heterocycles. The number of esters is 1. The third-order valence-electron chi connectivity index (χ3n) is 2.64. The van der Waals surface area contributed by atoms with Gasteiger partial charge in [0.1, 0.15) is 0 Å². The second-order valence-electron chi connectivity index (χ2n) is 3.52. The lowest BCUT2D eigenvalue weighted by Gasteiger charge is -2.38. The smallest absolute Gasteiger partial charge is 0.309 e. The fourth-order valence-electron chi connectivity index (χ4n) is 1.81. The zero-order chi connectivity index (χ0) is 8.60. The van der Waals surface area contributed by atoms with Crippen molar-refractivity contribution in [2.24, 2.45) is 5.92 Å². The lowest BCUT2D eigenvalue weighted by Crippen LogP contribution is -2.55. The number of rotatable bonds is 1. The van der Waals surface area contributed by atoms with E-state index in [0.717, 1.165) is 25.3 Å². The second kappa shape index (κ2) is 2.92. The first-order valence-corrected chi connectivity index (χ1v) is 5.17. The molecule has 12 heavy (non-hydrogen) atoms. The van der Waals surface area contributed by atoms with Crippen LogP contribution in [0.3, 0.4) is 0 Å². The Kier molecular flexibility index (Phi) is 2.04. The maximum absolute atomic E-state index is 11.2. The molecule has 2 aliphatic heterocycles. The third kappa shape index (κ3) is 1.23. The first kappa shape index (κ1) is 8.38. The van der Waals surface area contributed by atoms with Crippen molar-refractivity contribution in [3.63, 3.8) is 0 Å². The van der Waals surface area contributed by atoms with Gasteiger partial charge in [0.2, 0.25) is 0 Å². The third-order valence-corrected chi connectivity index (χ3v) is 4.27. The van der Waals surface area contributed by atoms with Gasteiger partial charge in [-0.3, -0.25) is 4.79 Å². The average molecular weight is 187 g/mol. The highest BCUT2D eigenvalue weighted by Crippen LogP contribution is 2.44. The van der Waals surface area contributed by atoms with E-state index in [1.54, 1.807) is 0 Å². The summed E-state index contributed by atoms with van der Waals surface area (Å²) < 4.78 is 5.10.